The summed E-state index contributed by atoms with van der Waals surface area (Å²) < 4.78 is 5.39. The molecular formula is C24H25N3O4. The molecule has 1 fully saturated rings. The molecule has 31 heavy (non-hydrogen) atoms. The van der Waals surface area contributed by atoms with Crippen LogP contribution in [0.5, 0.6) is 0 Å². The number of rotatable bonds is 4. The van der Waals surface area contributed by atoms with Crippen LogP contribution in [0.4, 0.5) is 0 Å². The third-order valence-corrected chi connectivity index (χ3v) is 6.43. The zero-order chi connectivity index (χ0) is 21.4. The number of nitrogens with zero attached hydrogens (tertiary/aromatic N) is 3. The molecule has 7 heteroatoms. The summed E-state index contributed by atoms with van der Waals surface area (Å²) in [5, 5.41) is 0. The summed E-state index contributed by atoms with van der Waals surface area (Å²) in [7, 11) is 0. The number of carbonyl (C=O) groups excluding carboxylic acids is 3. The first-order chi connectivity index (χ1) is 15.1. The lowest BCUT2D eigenvalue weighted by molar-refractivity contribution is -0.136. The van der Waals surface area contributed by atoms with Crippen molar-refractivity contribution >= 4 is 17.7 Å². The number of imide groups is 1. The molecule has 3 heterocycles. The highest BCUT2D eigenvalue weighted by molar-refractivity contribution is 6.21. The monoisotopic (exact) mass is 419 g/mol. The van der Waals surface area contributed by atoms with Gasteiger partial charge in [-0.15, -0.1) is 0 Å². The minimum absolute atomic E-state index is 0.0259. The van der Waals surface area contributed by atoms with Crippen LogP contribution in [0.25, 0.3) is 0 Å². The van der Waals surface area contributed by atoms with E-state index in [2.05, 4.69) is 11.0 Å². The van der Waals surface area contributed by atoms with Crippen molar-refractivity contribution in [2.24, 2.45) is 0 Å². The maximum Gasteiger partial charge on any atom is 0.261 e. The van der Waals surface area contributed by atoms with Gasteiger partial charge in [0.1, 0.15) is 0 Å². The molecule has 0 bridgehead atoms. The quantitative estimate of drug-likeness (QED) is 0.706. The minimum Gasteiger partial charge on any atom is -0.379 e. The minimum atomic E-state index is -0.347. The number of ether oxygens (including phenoxy) is 1. The number of morpholine rings is 1. The third kappa shape index (κ3) is 3.64. The van der Waals surface area contributed by atoms with Crippen LogP contribution in [0, 0.1) is 0 Å². The molecule has 1 saturated heterocycles. The molecule has 5 rings (SSSR count). The normalized spacial score (nSPS) is 21.2. The summed E-state index contributed by atoms with van der Waals surface area (Å²) in [5.41, 5.74) is 3.05. The summed E-state index contributed by atoms with van der Waals surface area (Å²) in [6.07, 6.45) is 0.768. The van der Waals surface area contributed by atoms with E-state index in [0.29, 0.717) is 37.4 Å². The SMILES string of the molecule is O=C1c2ccccc2C(=O)N1C[C@H]1c2ccccc2CCN1C(=O)CN1CCOCC1. The molecule has 3 aliphatic rings. The van der Waals surface area contributed by atoms with E-state index < -0.39 is 0 Å². The molecule has 0 radical (unpaired) electrons. The fourth-order valence-corrected chi connectivity index (χ4v) is 4.77. The third-order valence-electron chi connectivity index (χ3n) is 6.43. The summed E-state index contributed by atoms with van der Waals surface area (Å²) in [6.45, 7) is 3.80. The average Bonchev–Trinajstić information content (AvgIpc) is 3.05. The van der Waals surface area contributed by atoms with Crippen molar-refractivity contribution in [2.75, 3.05) is 45.9 Å². The zero-order valence-corrected chi connectivity index (χ0v) is 17.3. The molecule has 2 aromatic carbocycles. The smallest absolute Gasteiger partial charge is 0.261 e. The molecule has 160 valence electrons. The van der Waals surface area contributed by atoms with E-state index in [1.54, 1.807) is 24.3 Å². The van der Waals surface area contributed by atoms with Gasteiger partial charge in [0.15, 0.2) is 0 Å². The number of fused-ring (bicyclic) bond motifs is 2. The molecule has 1 atom stereocenters. The van der Waals surface area contributed by atoms with E-state index in [1.165, 1.54) is 10.5 Å². The molecule has 7 nitrogen and oxygen atoms in total. The van der Waals surface area contributed by atoms with Gasteiger partial charge in [0.25, 0.3) is 11.8 Å². The number of hydrogen-bond acceptors (Lipinski definition) is 5. The number of benzene rings is 2. The Kier molecular flexibility index (Phi) is 5.29. The van der Waals surface area contributed by atoms with Crippen LogP contribution in [0.2, 0.25) is 0 Å². The van der Waals surface area contributed by atoms with Gasteiger partial charge in [0.2, 0.25) is 5.91 Å². The molecule has 3 aliphatic heterocycles. The Bertz CT molecular complexity index is 996. The first-order valence-corrected chi connectivity index (χ1v) is 10.8. The summed E-state index contributed by atoms with van der Waals surface area (Å²) >= 11 is 0. The second kappa shape index (κ2) is 8.24. The Labute approximate surface area is 181 Å². The Morgan fingerprint density at radius 3 is 2.26 bits per heavy atom. The van der Waals surface area contributed by atoms with Gasteiger partial charge in [-0.05, 0) is 29.7 Å². The number of amides is 3. The Hall–Kier alpha value is -3.03. The Morgan fingerprint density at radius 2 is 1.55 bits per heavy atom. The first-order valence-electron chi connectivity index (χ1n) is 10.8. The van der Waals surface area contributed by atoms with Gasteiger partial charge < -0.3 is 9.64 Å². The second-order valence-electron chi connectivity index (χ2n) is 8.21. The number of carbonyl (C=O) groups is 3. The highest BCUT2D eigenvalue weighted by Crippen LogP contribution is 2.33. The largest absolute Gasteiger partial charge is 0.379 e. The molecule has 2 aromatic rings. The standard InChI is InChI=1S/C24H25N3O4/c28-22(16-25-11-13-31-14-12-25)26-10-9-17-5-1-2-6-18(17)21(26)15-27-23(29)19-7-3-4-8-20(19)24(27)30/h1-8,21H,9-16H2/t21-/m0/s1. The van der Waals surface area contributed by atoms with E-state index in [0.717, 1.165) is 25.1 Å². The maximum absolute atomic E-state index is 13.3. The fraction of sp³-hybridized carbons (Fsp3) is 0.375. The van der Waals surface area contributed by atoms with Crippen molar-refractivity contribution in [1.82, 2.24) is 14.7 Å². The summed E-state index contributed by atoms with van der Waals surface area (Å²) in [4.78, 5) is 44.5. The summed E-state index contributed by atoms with van der Waals surface area (Å²) in [6, 6.07) is 14.6. The predicted molar refractivity (Wildman–Crippen MR) is 114 cm³/mol. The maximum atomic E-state index is 13.3. The van der Waals surface area contributed by atoms with E-state index in [1.807, 2.05) is 23.1 Å². The van der Waals surface area contributed by atoms with Gasteiger partial charge >= 0.3 is 0 Å². The van der Waals surface area contributed by atoms with Crippen molar-refractivity contribution < 1.29 is 19.1 Å². The van der Waals surface area contributed by atoms with Crippen molar-refractivity contribution in [2.45, 2.75) is 12.5 Å². The number of hydrogen-bond donors (Lipinski definition) is 0. The van der Waals surface area contributed by atoms with Gasteiger partial charge in [-0.3, -0.25) is 24.2 Å². The Morgan fingerprint density at radius 1 is 0.903 bits per heavy atom. The molecule has 0 aromatic heterocycles. The van der Waals surface area contributed by atoms with Crippen LogP contribution in [-0.4, -0.2) is 78.4 Å². The van der Waals surface area contributed by atoms with Gasteiger partial charge in [-0.2, -0.15) is 0 Å². The van der Waals surface area contributed by atoms with Crippen LogP contribution in [0.15, 0.2) is 48.5 Å². The molecule has 3 amide bonds. The van der Waals surface area contributed by atoms with Crippen LogP contribution < -0.4 is 0 Å². The second-order valence-corrected chi connectivity index (χ2v) is 8.21. The lowest BCUT2D eigenvalue weighted by Gasteiger charge is -2.40. The predicted octanol–water partition coefficient (Wildman–Crippen LogP) is 1.74. The van der Waals surface area contributed by atoms with E-state index in [4.69, 9.17) is 4.74 Å². The van der Waals surface area contributed by atoms with Gasteiger partial charge in [-0.1, -0.05) is 36.4 Å². The molecule has 0 spiro atoms. The topological polar surface area (TPSA) is 70.2 Å². The van der Waals surface area contributed by atoms with Crippen molar-refractivity contribution in [1.29, 1.82) is 0 Å². The highest BCUT2D eigenvalue weighted by Gasteiger charge is 2.40. The highest BCUT2D eigenvalue weighted by atomic mass is 16.5. The van der Waals surface area contributed by atoms with E-state index in [9.17, 15) is 14.4 Å². The van der Waals surface area contributed by atoms with E-state index in [-0.39, 0.29) is 30.3 Å². The molecule has 0 unspecified atom stereocenters. The first kappa shape index (κ1) is 19.9. The van der Waals surface area contributed by atoms with Gasteiger partial charge in [-0.25, -0.2) is 0 Å². The molecule has 0 N–H and O–H groups in total. The fourth-order valence-electron chi connectivity index (χ4n) is 4.77. The molecular weight excluding hydrogens is 394 g/mol. The average molecular weight is 419 g/mol. The van der Waals surface area contributed by atoms with Gasteiger partial charge in [0.05, 0.1) is 43.5 Å². The molecule has 0 saturated carbocycles. The van der Waals surface area contributed by atoms with Crippen molar-refractivity contribution in [3.8, 4) is 0 Å². The van der Waals surface area contributed by atoms with E-state index >= 15 is 0 Å². The zero-order valence-electron chi connectivity index (χ0n) is 17.3. The van der Waals surface area contributed by atoms with Crippen LogP contribution in [0.3, 0.4) is 0 Å². The van der Waals surface area contributed by atoms with Crippen LogP contribution in [-0.2, 0) is 16.0 Å². The van der Waals surface area contributed by atoms with Crippen molar-refractivity contribution in [3.05, 3.63) is 70.8 Å². The van der Waals surface area contributed by atoms with Gasteiger partial charge in [0, 0.05) is 19.6 Å². The van der Waals surface area contributed by atoms with Crippen molar-refractivity contribution in [3.63, 3.8) is 0 Å². The van der Waals surface area contributed by atoms with Crippen LogP contribution >= 0.6 is 0 Å². The lowest BCUT2D eigenvalue weighted by Crippen LogP contribution is -2.50. The van der Waals surface area contributed by atoms with Crippen LogP contribution in [0.1, 0.15) is 37.9 Å². The lowest BCUT2D eigenvalue weighted by atomic mass is 9.92. The summed E-state index contributed by atoms with van der Waals surface area (Å²) in [5.74, 6) is -0.550. The Balaban J connectivity index is 1.42. The molecule has 0 aliphatic carbocycles.